The first kappa shape index (κ1) is 17.7. The highest BCUT2D eigenvalue weighted by molar-refractivity contribution is 5.97. The van der Waals surface area contributed by atoms with Gasteiger partial charge in [-0.25, -0.2) is 0 Å². The maximum Gasteiger partial charge on any atom is 0.269 e. The van der Waals surface area contributed by atoms with Gasteiger partial charge in [-0.2, -0.15) is 0 Å². The number of carbonyl (C=O) groups is 1. The van der Waals surface area contributed by atoms with Crippen LogP contribution >= 0.6 is 0 Å². The fourth-order valence-electron chi connectivity index (χ4n) is 3.57. The topological polar surface area (TPSA) is 76.0 Å². The van der Waals surface area contributed by atoms with Crippen LogP contribution in [0.2, 0.25) is 0 Å². The molecule has 0 saturated carbocycles. The quantitative estimate of drug-likeness (QED) is 0.277. The first-order chi connectivity index (χ1) is 13.6. The van der Waals surface area contributed by atoms with Crippen molar-refractivity contribution < 1.29 is 9.72 Å². The normalized spacial score (nSPS) is 12.0. The molecule has 0 aliphatic rings. The number of rotatable bonds is 6. The van der Waals surface area contributed by atoms with Gasteiger partial charge in [-0.1, -0.05) is 60.7 Å². The molecular formula is C23H18N2O3. The third-order valence-electron chi connectivity index (χ3n) is 4.97. The molecule has 1 N–H and O–H groups in total. The van der Waals surface area contributed by atoms with Gasteiger partial charge in [0.15, 0.2) is 5.78 Å². The minimum absolute atomic E-state index is 0.00221. The minimum atomic E-state index is -0.408. The average Bonchev–Trinajstić information content (AvgIpc) is 3.16. The fraction of sp³-hybridized carbons (Fsp3) is 0.0870. The summed E-state index contributed by atoms with van der Waals surface area (Å²) in [6, 6.07) is 23.5. The zero-order valence-electron chi connectivity index (χ0n) is 15.0. The van der Waals surface area contributed by atoms with Gasteiger partial charge in [0, 0.05) is 47.1 Å². The molecule has 1 atom stereocenters. The number of nitrogens with zero attached hydrogens (tertiary/aromatic N) is 1. The standard InChI is InChI=1S/C23H18N2O3/c26-23(16-7-2-1-3-8-16)14-20(17-9-6-10-18(13-17)25(27)28)21-15-24-22-12-5-4-11-19(21)22/h1-13,15,20,24H,14H2/t20-/m0/s1. The molecule has 1 heterocycles. The number of para-hydroxylation sites is 1. The van der Waals surface area contributed by atoms with Crippen molar-refractivity contribution in [3.8, 4) is 0 Å². The Morgan fingerprint density at radius 2 is 1.71 bits per heavy atom. The van der Waals surface area contributed by atoms with E-state index in [-0.39, 0.29) is 23.8 Å². The minimum Gasteiger partial charge on any atom is -0.361 e. The van der Waals surface area contributed by atoms with E-state index < -0.39 is 4.92 Å². The molecule has 0 spiro atoms. The number of H-pyrrole nitrogens is 1. The van der Waals surface area contributed by atoms with E-state index in [1.54, 1.807) is 24.3 Å². The number of hydrogen-bond acceptors (Lipinski definition) is 3. The lowest BCUT2D eigenvalue weighted by Gasteiger charge is -2.17. The van der Waals surface area contributed by atoms with Gasteiger partial charge in [0.2, 0.25) is 0 Å². The first-order valence-corrected chi connectivity index (χ1v) is 9.02. The lowest BCUT2D eigenvalue weighted by atomic mass is 9.85. The molecule has 0 bridgehead atoms. The van der Waals surface area contributed by atoms with Gasteiger partial charge in [-0.05, 0) is 17.2 Å². The Morgan fingerprint density at radius 3 is 2.50 bits per heavy atom. The molecule has 28 heavy (non-hydrogen) atoms. The van der Waals surface area contributed by atoms with E-state index in [0.29, 0.717) is 5.56 Å². The molecule has 0 radical (unpaired) electrons. The number of aromatic nitrogens is 1. The van der Waals surface area contributed by atoms with Gasteiger partial charge < -0.3 is 4.98 Å². The molecule has 0 fully saturated rings. The number of Topliss-reactive ketones (excluding diaryl/α,β-unsaturated/α-hetero) is 1. The molecular weight excluding hydrogens is 352 g/mol. The molecule has 5 heteroatoms. The van der Waals surface area contributed by atoms with E-state index in [0.717, 1.165) is 22.0 Å². The molecule has 1 aromatic heterocycles. The molecule has 0 amide bonds. The van der Waals surface area contributed by atoms with Crippen molar-refractivity contribution in [1.82, 2.24) is 4.98 Å². The summed E-state index contributed by atoms with van der Waals surface area (Å²) in [5, 5.41) is 12.3. The number of nitro benzene ring substituents is 1. The van der Waals surface area contributed by atoms with Crippen molar-refractivity contribution in [2.75, 3.05) is 0 Å². The second kappa shape index (κ2) is 7.48. The Hall–Kier alpha value is -3.73. The highest BCUT2D eigenvalue weighted by Gasteiger charge is 2.23. The summed E-state index contributed by atoms with van der Waals surface area (Å²) >= 11 is 0. The van der Waals surface area contributed by atoms with Crippen LogP contribution in [0.3, 0.4) is 0 Å². The van der Waals surface area contributed by atoms with Gasteiger partial charge >= 0.3 is 0 Å². The molecule has 0 aliphatic carbocycles. The lowest BCUT2D eigenvalue weighted by molar-refractivity contribution is -0.384. The van der Waals surface area contributed by atoms with Gasteiger partial charge in [-0.3, -0.25) is 14.9 Å². The SMILES string of the molecule is O=C(C[C@@H](c1cccc([N+](=O)[O-])c1)c1c[nH]c2ccccc12)c1ccccc1. The van der Waals surface area contributed by atoms with Crippen molar-refractivity contribution in [1.29, 1.82) is 0 Å². The van der Waals surface area contributed by atoms with Crippen LogP contribution in [-0.4, -0.2) is 15.7 Å². The van der Waals surface area contributed by atoms with Crippen LogP contribution in [0.5, 0.6) is 0 Å². The molecule has 138 valence electrons. The van der Waals surface area contributed by atoms with Crippen molar-refractivity contribution in [3.63, 3.8) is 0 Å². The lowest BCUT2D eigenvalue weighted by Crippen LogP contribution is -2.09. The van der Waals surface area contributed by atoms with Crippen LogP contribution in [-0.2, 0) is 0 Å². The summed E-state index contributed by atoms with van der Waals surface area (Å²) in [6.07, 6.45) is 2.12. The smallest absolute Gasteiger partial charge is 0.269 e. The second-order valence-electron chi connectivity index (χ2n) is 6.69. The Bertz CT molecular complexity index is 1150. The van der Waals surface area contributed by atoms with Crippen molar-refractivity contribution in [2.24, 2.45) is 0 Å². The predicted octanol–water partition coefficient (Wildman–Crippen LogP) is 5.48. The molecule has 0 unspecified atom stereocenters. The number of fused-ring (bicyclic) bond motifs is 1. The first-order valence-electron chi connectivity index (χ1n) is 9.02. The molecule has 3 aromatic carbocycles. The predicted molar refractivity (Wildman–Crippen MR) is 109 cm³/mol. The summed E-state index contributed by atoms with van der Waals surface area (Å²) in [7, 11) is 0. The summed E-state index contributed by atoms with van der Waals surface area (Å²) in [5.41, 5.74) is 3.34. The number of ketones is 1. The fourth-order valence-corrected chi connectivity index (χ4v) is 3.57. The van der Waals surface area contributed by atoms with E-state index in [9.17, 15) is 14.9 Å². The van der Waals surface area contributed by atoms with Crippen molar-refractivity contribution in [3.05, 3.63) is 112 Å². The average molecular weight is 370 g/mol. The number of aromatic amines is 1. The largest absolute Gasteiger partial charge is 0.361 e. The van der Waals surface area contributed by atoms with Gasteiger partial charge in [-0.15, -0.1) is 0 Å². The Morgan fingerprint density at radius 1 is 0.964 bits per heavy atom. The van der Waals surface area contributed by atoms with Crippen LogP contribution in [0, 0.1) is 10.1 Å². The van der Waals surface area contributed by atoms with Crippen LogP contribution in [0.4, 0.5) is 5.69 Å². The Labute approximate surface area is 161 Å². The van der Waals surface area contributed by atoms with E-state index in [4.69, 9.17) is 0 Å². The van der Waals surface area contributed by atoms with Crippen LogP contribution in [0.25, 0.3) is 10.9 Å². The van der Waals surface area contributed by atoms with E-state index in [2.05, 4.69) is 4.98 Å². The highest BCUT2D eigenvalue weighted by atomic mass is 16.6. The van der Waals surface area contributed by atoms with E-state index in [1.807, 2.05) is 54.7 Å². The number of benzene rings is 3. The maximum atomic E-state index is 12.9. The monoisotopic (exact) mass is 370 g/mol. The van der Waals surface area contributed by atoms with E-state index in [1.165, 1.54) is 6.07 Å². The van der Waals surface area contributed by atoms with Gasteiger partial charge in [0.25, 0.3) is 5.69 Å². The summed E-state index contributed by atoms with van der Waals surface area (Å²) in [5.74, 6) is -0.286. The van der Waals surface area contributed by atoms with Crippen LogP contribution in [0.15, 0.2) is 85.1 Å². The summed E-state index contributed by atoms with van der Waals surface area (Å²) < 4.78 is 0. The third kappa shape index (κ3) is 3.42. The summed E-state index contributed by atoms with van der Waals surface area (Å²) in [4.78, 5) is 27.0. The number of non-ortho nitro benzene ring substituents is 1. The zero-order chi connectivity index (χ0) is 19.5. The molecule has 0 saturated heterocycles. The zero-order valence-corrected chi connectivity index (χ0v) is 15.0. The van der Waals surface area contributed by atoms with Gasteiger partial charge in [0.1, 0.15) is 0 Å². The highest BCUT2D eigenvalue weighted by Crippen LogP contribution is 2.35. The van der Waals surface area contributed by atoms with Gasteiger partial charge in [0.05, 0.1) is 4.92 Å². The second-order valence-corrected chi connectivity index (χ2v) is 6.69. The number of nitro groups is 1. The van der Waals surface area contributed by atoms with Crippen LogP contribution < -0.4 is 0 Å². The van der Waals surface area contributed by atoms with Crippen LogP contribution in [0.1, 0.15) is 33.8 Å². The Balaban J connectivity index is 1.80. The molecule has 5 nitrogen and oxygen atoms in total. The Kier molecular flexibility index (Phi) is 4.72. The number of carbonyl (C=O) groups excluding carboxylic acids is 1. The van der Waals surface area contributed by atoms with E-state index >= 15 is 0 Å². The molecule has 0 aliphatic heterocycles. The number of nitrogens with one attached hydrogen (secondary N) is 1. The van der Waals surface area contributed by atoms with Crippen molar-refractivity contribution in [2.45, 2.75) is 12.3 Å². The number of hydrogen-bond donors (Lipinski definition) is 1. The molecule has 4 aromatic rings. The maximum absolute atomic E-state index is 12.9. The summed E-state index contributed by atoms with van der Waals surface area (Å²) in [6.45, 7) is 0. The third-order valence-corrected chi connectivity index (χ3v) is 4.97. The van der Waals surface area contributed by atoms with Crippen molar-refractivity contribution >= 4 is 22.4 Å². The molecule has 4 rings (SSSR count).